The Balaban J connectivity index is 1.80. The first-order chi connectivity index (χ1) is 11.7. The van der Waals surface area contributed by atoms with E-state index in [1.54, 1.807) is 10.8 Å². The Kier molecular flexibility index (Phi) is 3.46. The van der Waals surface area contributed by atoms with Crippen LogP contribution < -0.4 is 0 Å². The van der Waals surface area contributed by atoms with Crippen LogP contribution in [-0.4, -0.2) is 25.4 Å². The molecule has 0 radical (unpaired) electrons. The van der Waals surface area contributed by atoms with Gasteiger partial charge in [-0.2, -0.15) is 14.6 Å². The zero-order valence-electron chi connectivity index (χ0n) is 13.6. The number of hydrogen-bond acceptors (Lipinski definition) is 3. The Labute approximate surface area is 139 Å². The lowest BCUT2D eigenvalue weighted by molar-refractivity contribution is 0.963. The van der Waals surface area contributed by atoms with E-state index in [-0.39, 0.29) is 0 Å². The fourth-order valence-corrected chi connectivity index (χ4v) is 2.62. The summed E-state index contributed by atoms with van der Waals surface area (Å²) in [5.74, 6) is 1.49. The molecule has 0 saturated heterocycles. The second kappa shape index (κ2) is 5.77. The van der Waals surface area contributed by atoms with Gasteiger partial charge in [-0.25, -0.2) is 4.99 Å². The van der Waals surface area contributed by atoms with Gasteiger partial charge in [-0.1, -0.05) is 36.4 Å². The van der Waals surface area contributed by atoms with Gasteiger partial charge >= 0.3 is 0 Å². The maximum Gasteiger partial charge on any atom is 0.239 e. The summed E-state index contributed by atoms with van der Waals surface area (Å²) in [7, 11) is 0. The molecule has 0 spiro atoms. The molecular formula is C19H17N5. The summed E-state index contributed by atoms with van der Waals surface area (Å²) in [6, 6.07) is 16.4. The van der Waals surface area contributed by atoms with Gasteiger partial charge in [-0.3, -0.25) is 4.57 Å². The Morgan fingerprint density at radius 2 is 1.83 bits per heavy atom. The minimum Gasteiger partial charge on any atom is -0.282 e. The molecule has 0 N–H and O–H groups in total. The number of fused-ring (bicyclic) bond motifs is 1. The first kappa shape index (κ1) is 14.4. The van der Waals surface area contributed by atoms with Crippen molar-refractivity contribution in [2.75, 3.05) is 0 Å². The quantitative estimate of drug-likeness (QED) is 0.539. The van der Waals surface area contributed by atoms with Crippen LogP contribution in [0.15, 0.2) is 66.0 Å². The molecule has 0 bridgehead atoms. The zero-order chi connectivity index (χ0) is 16.5. The average molecular weight is 315 g/mol. The van der Waals surface area contributed by atoms with Gasteiger partial charge in [-0.15, -0.1) is 0 Å². The molecule has 2 aromatic heterocycles. The van der Waals surface area contributed by atoms with Crippen LogP contribution in [0.25, 0.3) is 11.5 Å². The van der Waals surface area contributed by atoms with Gasteiger partial charge in [0.25, 0.3) is 0 Å². The molecule has 4 aromatic rings. The number of hydrogen-bond donors (Lipinski definition) is 0. The number of benzene rings is 2. The summed E-state index contributed by atoms with van der Waals surface area (Å²) in [4.78, 5) is 8.94. The molecule has 5 nitrogen and oxygen atoms in total. The molecule has 5 heteroatoms. The van der Waals surface area contributed by atoms with E-state index in [9.17, 15) is 0 Å². The van der Waals surface area contributed by atoms with Gasteiger partial charge in [-0.05, 0) is 42.7 Å². The number of aryl methyl sites for hydroxylation is 2. The minimum absolute atomic E-state index is 0.740. The van der Waals surface area contributed by atoms with E-state index in [0.717, 1.165) is 22.8 Å². The van der Waals surface area contributed by atoms with Crippen LogP contribution in [0.1, 0.15) is 16.7 Å². The van der Waals surface area contributed by atoms with Crippen LogP contribution in [0.4, 0.5) is 5.82 Å². The molecule has 0 aliphatic rings. The third-order valence-electron chi connectivity index (χ3n) is 4.12. The Bertz CT molecular complexity index is 1020. The van der Waals surface area contributed by atoms with Gasteiger partial charge in [0.15, 0.2) is 5.82 Å². The molecular weight excluding hydrogens is 298 g/mol. The highest BCUT2D eigenvalue weighted by Gasteiger charge is 2.11. The van der Waals surface area contributed by atoms with Gasteiger partial charge in [0.05, 0.1) is 6.20 Å². The van der Waals surface area contributed by atoms with E-state index < -0.39 is 0 Å². The molecule has 2 aromatic carbocycles. The molecule has 0 aliphatic carbocycles. The number of aliphatic imine (C=N–C) groups is 1. The molecule has 0 atom stereocenters. The lowest BCUT2D eigenvalue weighted by atomic mass is 10.1. The van der Waals surface area contributed by atoms with Crippen LogP contribution in [-0.2, 0) is 0 Å². The first-order valence-corrected chi connectivity index (χ1v) is 7.80. The molecule has 0 aliphatic heterocycles. The molecule has 0 saturated carbocycles. The molecule has 0 amide bonds. The monoisotopic (exact) mass is 315 g/mol. The summed E-state index contributed by atoms with van der Waals surface area (Å²) >= 11 is 0. The fraction of sp³-hybridized carbons (Fsp3) is 0.105. The van der Waals surface area contributed by atoms with Gasteiger partial charge in [0, 0.05) is 11.9 Å². The molecule has 0 unspecified atom stereocenters. The maximum atomic E-state index is 4.58. The highest BCUT2D eigenvalue weighted by molar-refractivity contribution is 5.81. The summed E-state index contributed by atoms with van der Waals surface area (Å²) in [6.45, 7) is 4.22. The fourth-order valence-electron chi connectivity index (χ4n) is 2.62. The number of nitrogens with zero attached hydrogens (tertiary/aromatic N) is 5. The third kappa shape index (κ3) is 2.50. The van der Waals surface area contributed by atoms with Crippen molar-refractivity contribution >= 4 is 17.8 Å². The van der Waals surface area contributed by atoms with Crippen molar-refractivity contribution in [1.29, 1.82) is 0 Å². The first-order valence-electron chi connectivity index (χ1n) is 7.80. The van der Waals surface area contributed by atoms with E-state index in [1.807, 2.05) is 47.3 Å². The predicted octanol–water partition coefficient (Wildman–Crippen LogP) is 3.89. The molecule has 2 heterocycles. The summed E-state index contributed by atoms with van der Waals surface area (Å²) in [6.07, 6.45) is 5.34. The largest absolute Gasteiger partial charge is 0.282 e. The van der Waals surface area contributed by atoms with Crippen LogP contribution in [0.3, 0.4) is 0 Å². The zero-order valence-corrected chi connectivity index (χ0v) is 13.6. The summed E-state index contributed by atoms with van der Waals surface area (Å²) in [5.41, 5.74) is 4.61. The van der Waals surface area contributed by atoms with Crippen molar-refractivity contribution in [3.05, 3.63) is 77.7 Å². The van der Waals surface area contributed by atoms with E-state index in [0.29, 0.717) is 0 Å². The number of rotatable bonds is 3. The van der Waals surface area contributed by atoms with E-state index in [1.165, 1.54) is 11.1 Å². The Morgan fingerprint density at radius 1 is 1.00 bits per heavy atom. The Hall–Kier alpha value is -3.21. The van der Waals surface area contributed by atoms with E-state index >= 15 is 0 Å². The second-order valence-electron chi connectivity index (χ2n) is 5.77. The van der Waals surface area contributed by atoms with Crippen molar-refractivity contribution in [1.82, 2.24) is 19.2 Å². The Morgan fingerprint density at radius 3 is 2.62 bits per heavy atom. The lowest BCUT2D eigenvalue weighted by Crippen LogP contribution is -1.95. The highest BCUT2D eigenvalue weighted by atomic mass is 15.4. The standard InChI is InChI=1S/C19H17N5/c1-14-8-9-17(10-15(14)2)23-12-18(24-19(23)21-13-22-24)20-11-16-6-4-3-5-7-16/h3-13H,1-2H3/b20-11+. The topological polar surface area (TPSA) is 47.5 Å². The van der Waals surface area contributed by atoms with Crippen LogP contribution in [0, 0.1) is 13.8 Å². The molecule has 24 heavy (non-hydrogen) atoms. The van der Waals surface area contributed by atoms with Gasteiger partial charge in [0.2, 0.25) is 5.78 Å². The van der Waals surface area contributed by atoms with E-state index in [4.69, 9.17) is 0 Å². The average Bonchev–Trinajstić information content (AvgIpc) is 3.19. The SMILES string of the molecule is Cc1ccc(-n2cc(/N=C/c3ccccc3)n3ncnc23)cc1C. The summed E-state index contributed by atoms with van der Waals surface area (Å²) < 4.78 is 3.76. The summed E-state index contributed by atoms with van der Waals surface area (Å²) in [5, 5.41) is 4.29. The molecule has 118 valence electrons. The molecule has 0 fully saturated rings. The van der Waals surface area contributed by atoms with Crippen LogP contribution in [0.2, 0.25) is 0 Å². The highest BCUT2D eigenvalue weighted by Crippen LogP contribution is 2.22. The lowest BCUT2D eigenvalue weighted by Gasteiger charge is -2.05. The predicted molar refractivity (Wildman–Crippen MR) is 95.5 cm³/mol. The maximum absolute atomic E-state index is 4.58. The normalized spacial score (nSPS) is 11.6. The van der Waals surface area contributed by atoms with Crippen LogP contribution >= 0.6 is 0 Å². The van der Waals surface area contributed by atoms with Crippen molar-refractivity contribution in [2.24, 2.45) is 4.99 Å². The van der Waals surface area contributed by atoms with Crippen LogP contribution in [0.5, 0.6) is 0 Å². The van der Waals surface area contributed by atoms with Gasteiger partial charge in [0.1, 0.15) is 6.33 Å². The van der Waals surface area contributed by atoms with Gasteiger partial charge < -0.3 is 0 Å². The van der Waals surface area contributed by atoms with Crippen molar-refractivity contribution < 1.29 is 0 Å². The third-order valence-corrected chi connectivity index (χ3v) is 4.12. The number of imidazole rings is 1. The van der Waals surface area contributed by atoms with Crippen molar-refractivity contribution in [2.45, 2.75) is 13.8 Å². The van der Waals surface area contributed by atoms with Crippen molar-refractivity contribution in [3.8, 4) is 5.69 Å². The number of aromatic nitrogens is 4. The van der Waals surface area contributed by atoms with E-state index in [2.05, 4.69) is 47.1 Å². The second-order valence-corrected chi connectivity index (χ2v) is 5.77. The molecule has 4 rings (SSSR count). The minimum atomic E-state index is 0.740. The van der Waals surface area contributed by atoms with Crippen molar-refractivity contribution in [3.63, 3.8) is 0 Å². The smallest absolute Gasteiger partial charge is 0.239 e.